The predicted molar refractivity (Wildman–Crippen MR) is 71.1 cm³/mol. The third kappa shape index (κ3) is 2.47. The number of pyridine rings is 1. The Kier molecular flexibility index (Phi) is 3.17. The molecular weight excluding hydrogens is 226 g/mol. The highest BCUT2D eigenvalue weighted by Gasteiger charge is 2.15. The van der Waals surface area contributed by atoms with Crippen LogP contribution in [0.1, 0.15) is 44.4 Å². The normalized spacial score (nSPS) is 17.3. The standard InChI is InChI=1S/C14H19N3O/c15-11-8-12-14(16-9-11)17-13(18-12)7-6-10-4-2-1-3-5-10/h8-10H,1-7,15H2. The average Bonchev–Trinajstić information content (AvgIpc) is 2.79. The summed E-state index contributed by atoms with van der Waals surface area (Å²) >= 11 is 0. The summed E-state index contributed by atoms with van der Waals surface area (Å²) in [7, 11) is 0. The lowest BCUT2D eigenvalue weighted by Gasteiger charge is -2.20. The minimum absolute atomic E-state index is 0.623. The van der Waals surface area contributed by atoms with Gasteiger partial charge in [-0.1, -0.05) is 32.1 Å². The summed E-state index contributed by atoms with van der Waals surface area (Å²) in [5.74, 6) is 1.65. The Labute approximate surface area is 107 Å². The van der Waals surface area contributed by atoms with Crippen molar-refractivity contribution in [2.45, 2.75) is 44.9 Å². The molecule has 0 aliphatic heterocycles. The Hall–Kier alpha value is -1.58. The highest BCUT2D eigenvalue weighted by Crippen LogP contribution is 2.27. The van der Waals surface area contributed by atoms with Crippen LogP contribution in [0.5, 0.6) is 0 Å². The molecule has 0 atom stereocenters. The number of aryl methyl sites for hydroxylation is 1. The van der Waals surface area contributed by atoms with Crippen LogP contribution in [0, 0.1) is 5.92 Å². The number of hydrogen-bond donors (Lipinski definition) is 1. The van der Waals surface area contributed by atoms with E-state index in [0.29, 0.717) is 16.9 Å². The van der Waals surface area contributed by atoms with Crippen molar-refractivity contribution in [1.29, 1.82) is 0 Å². The summed E-state index contributed by atoms with van der Waals surface area (Å²) in [5, 5.41) is 0. The molecule has 0 unspecified atom stereocenters. The van der Waals surface area contributed by atoms with Gasteiger partial charge in [-0.2, -0.15) is 4.98 Å². The fraction of sp³-hybridized carbons (Fsp3) is 0.571. The second-order valence-electron chi connectivity index (χ2n) is 5.24. The first-order chi connectivity index (χ1) is 8.81. The van der Waals surface area contributed by atoms with Crippen molar-refractivity contribution < 1.29 is 4.42 Å². The van der Waals surface area contributed by atoms with Crippen molar-refractivity contribution in [2.75, 3.05) is 5.73 Å². The molecule has 3 rings (SSSR count). The molecule has 2 heterocycles. The van der Waals surface area contributed by atoms with Crippen LogP contribution in [0.2, 0.25) is 0 Å². The summed E-state index contributed by atoms with van der Waals surface area (Å²) in [6, 6.07) is 1.79. The second-order valence-corrected chi connectivity index (χ2v) is 5.24. The molecule has 1 saturated carbocycles. The molecule has 0 bridgehead atoms. The van der Waals surface area contributed by atoms with E-state index in [1.807, 2.05) is 0 Å². The zero-order chi connectivity index (χ0) is 12.4. The van der Waals surface area contributed by atoms with Gasteiger partial charge in [0.1, 0.15) is 0 Å². The zero-order valence-corrected chi connectivity index (χ0v) is 10.6. The van der Waals surface area contributed by atoms with Crippen LogP contribution < -0.4 is 5.73 Å². The number of nitrogens with two attached hydrogens (primary N) is 1. The van der Waals surface area contributed by atoms with Gasteiger partial charge in [-0.3, -0.25) is 0 Å². The Bertz CT molecular complexity index is 529. The third-order valence-corrected chi connectivity index (χ3v) is 3.80. The van der Waals surface area contributed by atoms with Crippen LogP contribution >= 0.6 is 0 Å². The van der Waals surface area contributed by atoms with Crippen LogP contribution in [0.15, 0.2) is 16.7 Å². The minimum Gasteiger partial charge on any atom is -0.439 e. The van der Waals surface area contributed by atoms with E-state index in [0.717, 1.165) is 18.2 Å². The molecule has 1 fully saturated rings. The first-order valence-electron chi connectivity index (χ1n) is 6.82. The van der Waals surface area contributed by atoms with E-state index >= 15 is 0 Å². The first-order valence-corrected chi connectivity index (χ1v) is 6.82. The first kappa shape index (κ1) is 11.5. The third-order valence-electron chi connectivity index (χ3n) is 3.80. The summed E-state index contributed by atoms with van der Waals surface area (Å²) in [5.41, 5.74) is 7.67. The van der Waals surface area contributed by atoms with Crippen molar-refractivity contribution in [3.8, 4) is 0 Å². The van der Waals surface area contributed by atoms with E-state index < -0.39 is 0 Å². The maximum atomic E-state index is 5.69. The molecule has 2 aromatic heterocycles. The number of oxazole rings is 1. The maximum absolute atomic E-state index is 5.69. The number of nitrogens with zero attached hydrogens (tertiary/aromatic N) is 2. The van der Waals surface area contributed by atoms with Crippen molar-refractivity contribution in [1.82, 2.24) is 9.97 Å². The average molecular weight is 245 g/mol. The smallest absolute Gasteiger partial charge is 0.198 e. The van der Waals surface area contributed by atoms with E-state index in [-0.39, 0.29) is 0 Å². The van der Waals surface area contributed by atoms with Gasteiger partial charge in [0.15, 0.2) is 17.1 Å². The van der Waals surface area contributed by atoms with Crippen molar-refractivity contribution in [3.63, 3.8) is 0 Å². The summed E-state index contributed by atoms with van der Waals surface area (Å²) in [4.78, 5) is 8.57. The molecule has 4 nitrogen and oxygen atoms in total. The molecule has 4 heteroatoms. The van der Waals surface area contributed by atoms with Crippen molar-refractivity contribution in [2.24, 2.45) is 5.92 Å². The molecule has 0 aromatic carbocycles. The fourth-order valence-electron chi connectivity index (χ4n) is 2.79. The molecule has 1 aliphatic carbocycles. The summed E-state index contributed by atoms with van der Waals surface area (Å²) < 4.78 is 5.69. The number of anilines is 1. The van der Waals surface area contributed by atoms with E-state index in [1.165, 1.54) is 38.5 Å². The van der Waals surface area contributed by atoms with Crippen LogP contribution in [-0.4, -0.2) is 9.97 Å². The van der Waals surface area contributed by atoms with Gasteiger partial charge in [0, 0.05) is 12.5 Å². The lowest BCUT2D eigenvalue weighted by Crippen LogP contribution is -2.07. The lowest BCUT2D eigenvalue weighted by molar-refractivity contribution is 0.330. The molecule has 2 N–H and O–H groups in total. The topological polar surface area (TPSA) is 64.9 Å². The molecule has 0 saturated heterocycles. The van der Waals surface area contributed by atoms with Gasteiger partial charge < -0.3 is 10.2 Å². The lowest BCUT2D eigenvalue weighted by atomic mass is 9.86. The van der Waals surface area contributed by atoms with Crippen LogP contribution in [0.25, 0.3) is 11.2 Å². The Morgan fingerprint density at radius 1 is 1.28 bits per heavy atom. The molecule has 2 aromatic rings. The molecule has 0 amide bonds. The summed E-state index contributed by atoms with van der Waals surface area (Å²) in [6.07, 6.45) is 10.6. The fourth-order valence-corrected chi connectivity index (χ4v) is 2.79. The second kappa shape index (κ2) is 4.96. The molecule has 0 spiro atoms. The highest BCUT2D eigenvalue weighted by atomic mass is 16.3. The van der Waals surface area contributed by atoms with Crippen molar-refractivity contribution in [3.05, 3.63) is 18.2 Å². The molecule has 18 heavy (non-hydrogen) atoms. The zero-order valence-electron chi connectivity index (χ0n) is 10.6. The number of nitrogen functional groups attached to an aromatic ring is 1. The monoisotopic (exact) mass is 245 g/mol. The van der Waals surface area contributed by atoms with Crippen LogP contribution in [0.3, 0.4) is 0 Å². The molecular formula is C14H19N3O. The molecule has 96 valence electrons. The van der Waals surface area contributed by atoms with Gasteiger partial charge >= 0.3 is 0 Å². The van der Waals surface area contributed by atoms with Crippen LogP contribution in [-0.2, 0) is 6.42 Å². The summed E-state index contributed by atoms with van der Waals surface area (Å²) in [6.45, 7) is 0. The van der Waals surface area contributed by atoms with E-state index in [4.69, 9.17) is 10.2 Å². The van der Waals surface area contributed by atoms with E-state index in [2.05, 4.69) is 9.97 Å². The number of rotatable bonds is 3. The number of aromatic nitrogens is 2. The molecule has 0 radical (unpaired) electrons. The highest BCUT2D eigenvalue weighted by molar-refractivity contribution is 5.71. The Morgan fingerprint density at radius 3 is 2.94 bits per heavy atom. The van der Waals surface area contributed by atoms with Gasteiger partial charge in [-0.25, -0.2) is 4.98 Å². The SMILES string of the molecule is Nc1cnc2nc(CCC3CCCCC3)oc2c1. The largest absolute Gasteiger partial charge is 0.439 e. The quantitative estimate of drug-likeness (QED) is 0.900. The Balaban J connectivity index is 1.67. The van der Waals surface area contributed by atoms with Gasteiger partial charge in [-0.05, 0) is 12.3 Å². The van der Waals surface area contributed by atoms with E-state index in [1.54, 1.807) is 12.3 Å². The van der Waals surface area contributed by atoms with Gasteiger partial charge in [0.05, 0.1) is 11.9 Å². The van der Waals surface area contributed by atoms with Crippen LogP contribution in [0.4, 0.5) is 5.69 Å². The maximum Gasteiger partial charge on any atom is 0.198 e. The number of fused-ring (bicyclic) bond motifs is 1. The van der Waals surface area contributed by atoms with Crippen molar-refractivity contribution >= 4 is 16.9 Å². The Morgan fingerprint density at radius 2 is 2.11 bits per heavy atom. The predicted octanol–water partition coefficient (Wildman–Crippen LogP) is 3.32. The van der Waals surface area contributed by atoms with Gasteiger partial charge in [0.2, 0.25) is 0 Å². The number of hydrogen-bond acceptors (Lipinski definition) is 4. The minimum atomic E-state index is 0.623. The van der Waals surface area contributed by atoms with E-state index in [9.17, 15) is 0 Å². The molecule has 1 aliphatic rings. The van der Waals surface area contributed by atoms with Gasteiger partial charge in [0.25, 0.3) is 0 Å². The van der Waals surface area contributed by atoms with Gasteiger partial charge in [-0.15, -0.1) is 0 Å².